The standard InChI is InChI=1S/C18H11NO2/c20-17-13-9-5-4-8-12(13)10-14-15(17)16(19-18(14)21)11-6-2-1-3-7-11/h1-10H,(H,19,21). The van der Waals surface area contributed by atoms with Crippen molar-refractivity contribution in [3.63, 3.8) is 0 Å². The average Bonchev–Trinajstić information content (AvgIpc) is 2.86. The van der Waals surface area contributed by atoms with Gasteiger partial charge in [0.1, 0.15) is 0 Å². The number of amides is 1. The van der Waals surface area contributed by atoms with E-state index in [1.54, 1.807) is 12.1 Å². The third-order valence-corrected chi connectivity index (χ3v) is 3.80. The summed E-state index contributed by atoms with van der Waals surface area (Å²) < 4.78 is 0. The number of carbonyl (C=O) groups is 2. The Hall–Kier alpha value is -2.94. The van der Waals surface area contributed by atoms with Crippen LogP contribution < -0.4 is 5.32 Å². The Morgan fingerprint density at radius 3 is 2.33 bits per heavy atom. The Labute approximate surface area is 121 Å². The molecule has 0 unspecified atom stereocenters. The third kappa shape index (κ3) is 1.68. The molecule has 0 atom stereocenters. The Balaban J connectivity index is 1.98. The predicted molar refractivity (Wildman–Crippen MR) is 80.3 cm³/mol. The van der Waals surface area contributed by atoms with Crippen LogP contribution in [0.4, 0.5) is 0 Å². The van der Waals surface area contributed by atoms with Crippen LogP contribution in [0.15, 0.2) is 65.7 Å². The molecule has 1 N–H and O–H groups in total. The zero-order valence-electron chi connectivity index (χ0n) is 11.1. The maximum Gasteiger partial charge on any atom is 0.256 e. The highest BCUT2D eigenvalue weighted by Crippen LogP contribution is 2.36. The van der Waals surface area contributed by atoms with Gasteiger partial charge in [-0.2, -0.15) is 0 Å². The molecule has 0 radical (unpaired) electrons. The number of Topliss-reactive ketones (excluding diaryl/α,β-unsaturated/α-hetero) is 1. The molecule has 3 heteroatoms. The second-order valence-electron chi connectivity index (χ2n) is 5.04. The lowest BCUT2D eigenvalue weighted by Gasteiger charge is -2.14. The van der Waals surface area contributed by atoms with E-state index in [2.05, 4.69) is 5.32 Å². The summed E-state index contributed by atoms with van der Waals surface area (Å²) in [5.41, 5.74) is 3.82. The SMILES string of the molecule is O=C1NC(c2ccccc2)=C2C(=O)c3ccccc3C=C12. The summed E-state index contributed by atoms with van der Waals surface area (Å²) in [5, 5.41) is 2.83. The van der Waals surface area contributed by atoms with Crippen LogP contribution in [-0.2, 0) is 4.79 Å². The number of nitrogens with one attached hydrogen (secondary N) is 1. The van der Waals surface area contributed by atoms with Gasteiger partial charge in [0.2, 0.25) is 0 Å². The largest absolute Gasteiger partial charge is 0.321 e. The van der Waals surface area contributed by atoms with E-state index in [0.29, 0.717) is 22.4 Å². The summed E-state index contributed by atoms with van der Waals surface area (Å²) in [6.45, 7) is 0. The quantitative estimate of drug-likeness (QED) is 0.868. The summed E-state index contributed by atoms with van der Waals surface area (Å²) in [5.74, 6) is -0.313. The molecule has 2 aromatic carbocycles. The fourth-order valence-electron chi connectivity index (χ4n) is 2.81. The second kappa shape index (κ2) is 4.28. The molecule has 1 amide bonds. The van der Waals surface area contributed by atoms with Gasteiger partial charge in [-0.15, -0.1) is 0 Å². The van der Waals surface area contributed by atoms with Crippen molar-refractivity contribution in [3.8, 4) is 0 Å². The van der Waals surface area contributed by atoms with Crippen LogP contribution in [0.5, 0.6) is 0 Å². The molecule has 0 saturated heterocycles. The topological polar surface area (TPSA) is 46.2 Å². The maximum absolute atomic E-state index is 12.7. The maximum atomic E-state index is 12.7. The molecular weight excluding hydrogens is 262 g/mol. The van der Waals surface area contributed by atoms with Crippen molar-refractivity contribution in [2.24, 2.45) is 0 Å². The molecule has 21 heavy (non-hydrogen) atoms. The molecule has 0 fully saturated rings. The van der Waals surface area contributed by atoms with Crippen molar-refractivity contribution >= 4 is 23.5 Å². The second-order valence-corrected chi connectivity index (χ2v) is 5.04. The summed E-state index contributed by atoms with van der Waals surface area (Å²) in [6, 6.07) is 16.8. The third-order valence-electron chi connectivity index (χ3n) is 3.80. The van der Waals surface area contributed by atoms with Gasteiger partial charge in [-0.05, 0) is 17.2 Å². The molecule has 0 saturated carbocycles. The first-order valence-electron chi connectivity index (χ1n) is 6.72. The molecule has 4 rings (SSSR count). The lowest BCUT2D eigenvalue weighted by Crippen LogP contribution is -2.16. The van der Waals surface area contributed by atoms with Crippen LogP contribution in [0.1, 0.15) is 21.5 Å². The fraction of sp³-hybridized carbons (Fsp3) is 0. The van der Waals surface area contributed by atoms with Crippen molar-refractivity contribution in [2.45, 2.75) is 0 Å². The van der Waals surface area contributed by atoms with E-state index in [1.807, 2.05) is 48.5 Å². The highest BCUT2D eigenvalue weighted by Gasteiger charge is 2.36. The Bertz CT molecular complexity index is 845. The average molecular weight is 273 g/mol. The highest BCUT2D eigenvalue weighted by molar-refractivity contribution is 6.31. The van der Waals surface area contributed by atoms with Crippen molar-refractivity contribution in [1.82, 2.24) is 5.32 Å². The first-order valence-corrected chi connectivity index (χ1v) is 6.72. The number of hydrogen-bond donors (Lipinski definition) is 1. The van der Waals surface area contributed by atoms with Crippen molar-refractivity contribution < 1.29 is 9.59 Å². The number of hydrogen-bond acceptors (Lipinski definition) is 2. The first kappa shape index (κ1) is 11.9. The van der Waals surface area contributed by atoms with Crippen LogP contribution in [0.3, 0.4) is 0 Å². The number of carbonyl (C=O) groups excluding carboxylic acids is 2. The molecule has 0 bridgehead atoms. The van der Waals surface area contributed by atoms with Gasteiger partial charge in [-0.25, -0.2) is 0 Å². The minimum atomic E-state index is -0.216. The monoisotopic (exact) mass is 273 g/mol. The highest BCUT2D eigenvalue weighted by atomic mass is 16.2. The fourth-order valence-corrected chi connectivity index (χ4v) is 2.81. The summed E-state index contributed by atoms with van der Waals surface area (Å²) in [6.07, 6.45) is 1.79. The van der Waals surface area contributed by atoms with Crippen molar-refractivity contribution in [3.05, 3.63) is 82.4 Å². The number of fused-ring (bicyclic) bond motifs is 2. The Kier molecular flexibility index (Phi) is 2.42. The van der Waals surface area contributed by atoms with E-state index in [1.165, 1.54) is 0 Å². The van der Waals surface area contributed by atoms with Crippen LogP contribution in [-0.4, -0.2) is 11.7 Å². The van der Waals surface area contributed by atoms with Gasteiger partial charge >= 0.3 is 0 Å². The van der Waals surface area contributed by atoms with E-state index in [4.69, 9.17) is 0 Å². The number of benzene rings is 2. The van der Waals surface area contributed by atoms with Gasteiger partial charge in [0.25, 0.3) is 5.91 Å². The van der Waals surface area contributed by atoms with Gasteiger partial charge < -0.3 is 5.32 Å². The minimum Gasteiger partial charge on any atom is -0.321 e. The minimum absolute atomic E-state index is 0.0969. The van der Waals surface area contributed by atoms with Crippen molar-refractivity contribution in [1.29, 1.82) is 0 Å². The normalized spacial score (nSPS) is 16.3. The van der Waals surface area contributed by atoms with Crippen LogP contribution >= 0.6 is 0 Å². The van der Waals surface area contributed by atoms with Crippen molar-refractivity contribution in [2.75, 3.05) is 0 Å². The van der Waals surface area contributed by atoms with Crippen LogP contribution in [0.25, 0.3) is 11.8 Å². The molecule has 100 valence electrons. The molecular formula is C18H11NO2. The van der Waals surface area contributed by atoms with E-state index < -0.39 is 0 Å². The number of rotatable bonds is 1. The van der Waals surface area contributed by atoms with Gasteiger partial charge in [-0.3, -0.25) is 9.59 Å². The molecule has 3 nitrogen and oxygen atoms in total. The van der Waals surface area contributed by atoms with E-state index in [-0.39, 0.29) is 11.7 Å². The summed E-state index contributed by atoms with van der Waals surface area (Å²) in [7, 11) is 0. The van der Waals surface area contributed by atoms with Gasteiger partial charge in [-0.1, -0.05) is 54.6 Å². The first-order chi connectivity index (χ1) is 10.3. The Morgan fingerprint density at radius 2 is 1.52 bits per heavy atom. The van der Waals surface area contributed by atoms with Crippen LogP contribution in [0, 0.1) is 0 Å². The Morgan fingerprint density at radius 1 is 0.810 bits per heavy atom. The molecule has 0 aromatic heterocycles. The summed E-state index contributed by atoms with van der Waals surface area (Å²) >= 11 is 0. The van der Waals surface area contributed by atoms with E-state index >= 15 is 0 Å². The lowest BCUT2D eigenvalue weighted by atomic mass is 9.86. The lowest BCUT2D eigenvalue weighted by molar-refractivity contribution is -0.115. The molecule has 2 aromatic rings. The molecule has 0 spiro atoms. The molecule has 1 aliphatic heterocycles. The molecule has 1 heterocycles. The summed E-state index contributed by atoms with van der Waals surface area (Å²) in [4.78, 5) is 24.9. The van der Waals surface area contributed by atoms with Gasteiger partial charge in [0, 0.05) is 5.56 Å². The van der Waals surface area contributed by atoms with E-state index in [9.17, 15) is 9.59 Å². The van der Waals surface area contributed by atoms with Gasteiger partial charge in [0.15, 0.2) is 5.78 Å². The van der Waals surface area contributed by atoms with Crippen LogP contribution in [0.2, 0.25) is 0 Å². The predicted octanol–water partition coefficient (Wildman–Crippen LogP) is 2.81. The van der Waals surface area contributed by atoms with Gasteiger partial charge in [0.05, 0.1) is 16.8 Å². The molecule has 1 aliphatic carbocycles. The smallest absolute Gasteiger partial charge is 0.256 e. The number of ketones is 1. The zero-order chi connectivity index (χ0) is 14.4. The van der Waals surface area contributed by atoms with E-state index in [0.717, 1.165) is 11.1 Å². The molecule has 2 aliphatic rings. The zero-order valence-corrected chi connectivity index (χ0v) is 11.1.